The van der Waals surface area contributed by atoms with Gasteiger partial charge < -0.3 is 15.5 Å². The molecule has 0 unspecified atom stereocenters. The molecule has 0 aliphatic heterocycles. The smallest absolute Gasteiger partial charge is 0.253 e. The van der Waals surface area contributed by atoms with Crippen LogP contribution in [0.25, 0.3) is 0 Å². The van der Waals surface area contributed by atoms with Crippen LogP contribution in [0.5, 0.6) is 5.75 Å². The van der Waals surface area contributed by atoms with Crippen molar-refractivity contribution in [3.63, 3.8) is 0 Å². The topological polar surface area (TPSA) is 82.5 Å². The van der Waals surface area contributed by atoms with Crippen LogP contribution in [0.1, 0.15) is 36.0 Å². The van der Waals surface area contributed by atoms with Gasteiger partial charge in [-0.05, 0) is 31.7 Å². The van der Waals surface area contributed by atoms with Crippen molar-refractivity contribution < 1.29 is 15.0 Å². The number of aliphatic hydroxyl groups excluding tert-OH is 1. The number of aromatic hydroxyl groups is 1. The van der Waals surface area contributed by atoms with Gasteiger partial charge in [-0.3, -0.25) is 9.78 Å². The lowest BCUT2D eigenvalue weighted by Gasteiger charge is -2.26. The molecule has 92 valence electrons. The maximum atomic E-state index is 11.8. The van der Waals surface area contributed by atoms with Crippen LogP contribution in [-0.4, -0.2) is 33.3 Å². The molecule has 2 rings (SSSR count). The minimum Gasteiger partial charge on any atom is -0.506 e. The second-order valence-corrected chi connectivity index (χ2v) is 4.41. The zero-order valence-electron chi connectivity index (χ0n) is 9.47. The van der Waals surface area contributed by atoms with E-state index in [-0.39, 0.29) is 23.8 Å². The van der Waals surface area contributed by atoms with Crippen LogP contribution in [0.4, 0.5) is 0 Å². The molecule has 17 heavy (non-hydrogen) atoms. The van der Waals surface area contributed by atoms with Gasteiger partial charge in [-0.2, -0.15) is 0 Å². The molecule has 0 aromatic carbocycles. The predicted molar refractivity (Wildman–Crippen MR) is 61.6 cm³/mol. The van der Waals surface area contributed by atoms with Crippen molar-refractivity contribution in [2.45, 2.75) is 37.8 Å². The number of carbonyl (C=O) groups is 1. The van der Waals surface area contributed by atoms with Gasteiger partial charge in [0.1, 0.15) is 5.75 Å². The molecule has 0 saturated heterocycles. The maximum Gasteiger partial charge on any atom is 0.253 e. The predicted octanol–water partition coefficient (Wildman–Crippen LogP) is 0.820. The van der Waals surface area contributed by atoms with E-state index in [9.17, 15) is 15.0 Å². The summed E-state index contributed by atoms with van der Waals surface area (Å²) in [7, 11) is 0. The summed E-state index contributed by atoms with van der Waals surface area (Å²) in [5.74, 6) is -0.244. The summed E-state index contributed by atoms with van der Waals surface area (Å²) in [4.78, 5) is 15.6. The SMILES string of the molecule is O=C(NC1CCC(O)CC1)c1cncc(O)c1. The van der Waals surface area contributed by atoms with Crippen molar-refractivity contribution in [1.29, 1.82) is 0 Å². The Morgan fingerprint density at radius 3 is 2.65 bits per heavy atom. The summed E-state index contributed by atoms with van der Waals surface area (Å²) in [6.45, 7) is 0. The number of nitrogens with one attached hydrogen (secondary N) is 1. The van der Waals surface area contributed by atoms with Crippen LogP contribution in [0, 0.1) is 0 Å². The zero-order chi connectivity index (χ0) is 12.3. The van der Waals surface area contributed by atoms with Crippen LogP contribution in [-0.2, 0) is 0 Å². The van der Waals surface area contributed by atoms with E-state index >= 15 is 0 Å². The summed E-state index contributed by atoms with van der Waals surface area (Å²) >= 11 is 0. The highest BCUT2D eigenvalue weighted by molar-refractivity contribution is 5.94. The number of amides is 1. The number of aromatic nitrogens is 1. The molecule has 0 radical (unpaired) electrons. The van der Waals surface area contributed by atoms with Crippen molar-refractivity contribution in [3.05, 3.63) is 24.0 Å². The normalized spacial score (nSPS) is 24.3. The van der Waals surface area contributed by atoms with Crippen LogP contribution >= 0.6 is 0 Å². The highest BCUT2D eigenvalue weighted by Gasteiger charge is 2.21. The molecule has 1 heterocycles. The lowest BCUT2D eigenvalue weighted by atomic mass is 9.93. The largest absolute Gasteiger partial charge is 0.506 e. The number of hydrogen-bond donors (Lipinski definition) is 3. The molecule has 1 aromatic rings. The van der Waals surface area contributed by atoms with E-state index in [0.29, 0.717) is 5.56 Å². The van der Waals surface area contributed by atoms with E-state index < -0.39 is 0 Å². The van der Waals surface area contributed by atoms with E-state index in [2.05, 4.69) is 10.3 Å². The monoisotopic (exact) mass is 236 g/mol. The van der Waals surface area contributed by atoms with E-state index in [0.717, 1.165) is 25.7 Å². The van der Waals surface area contributed by atoms with Crippen molar-refractivity contribution in [3.8, 4) is 5.75 Å². The second-order valence-electron chi connectivity index (χ2n) is 4.41. The average molecular weight is 236 g/mol. The number of pyridine rings is 1. The van der Waals surface area contributed by atoms with Crippen molar-refractivity contribution in [2.75, 3.05) is 0 Å². The molecule has 1 fully saturated rings. The molecule has 1 saturated carbocycles. The van der Waals surface area contributed by atoms with Crippen molar-refractivity contribution >= 4 is 5.91 Å². The lowest BCUT2D eigenvalue weighted by molar-refractivity contribution is 0.0867. The van der Waals surface area contributed by atoms with E-state index in [1.165, 1.54) is 18.5 Å². The Hall–Kier alpha value is -1.62. The van der Waals surface area contributed by atoms with Crippen LogP contribution in [0.2, 0.25) is 0 Å². The highest BCUT2D eigenvalue weighted by Crippen LogP contribution is 2.19. The quantitative estimate of drug-likeness (QED) is 0.710. The van der Waals surface area contributed by atoms with E-state index in [1.807, 2.05) is 0 Å². The maximum absolute atomic E-state index is 11.8. The number of carbonyl (C=O) groups excluding carboxylic acids is 1. The van der Waals surface area contributed by atoms with E-state index in [4.69, 9.17) is 0 Å². The number of aliphatic hydroxyl groups is 1. The van der Waals surface area contributed by atoms with Crippen LogP contribution in [0.15, 0.2) is 18.5 Å². The molecule has 3 N–H and O–H groups in total. The van der Waals surface area contributed by atoms with Gasteiger partial charge in [0, 0.05) is 12.2 Å². The van der Waals surface area contributed by atoms with Crippen molar-refractivity contribution in [2.24, 2.45) is 0 Å². The Morgan fingerprint density at radius 1 is 1.29 bits per heavy atom. The Bertz CT molecular complexity index is 400. The Balaban J connectivity index is 1.93. The van der Waals surface area contributed by atoms with Crippen LogP contribution in [0.3, 0.4) is 0 Å². The number of rotatable bonds is 2. The second kappa shape index (κ2) is 5.14. The Morgan fingerprint density at radius 2 is 2.00 bits per heavy atom. The standard InChI is InChI=1S/C12H16N2O3/c15-10-3-1-9(2-4-10)14-12(17)8-5-11(16)7-13-6-8/h5-7,9-10,15-16H,1-4H2,(H,14,17). The first-order valence-corrected chi connectivity index (χ1v) is 5.78. The molecule has 1 amide bonds. The molecule has 5 heteroatoms. The van der Waals surface area contributed by atoms with Gasteiger partial charge in [0.05, 0.1) is 17.9 Å². The third kappa shape index (κ3) is 3.17. The van der Waals surface area contributed by atoms with Gasteiger partial charge >= 0.3 is 0 Å². The Kier molecular flexibility index (Phi) is 3.58. The fraction of sp³-hybridized carbons (Fsp3) is 0.500. The number of hydrogen-bond acceptors (Lipinski definition) is 4. The minimum atomic E-state index is -0.231. The van der Waals surface area contributed by atoms with Gasteiger partial charge in [0.2, 0.25) is 0 Å². The number of nitrogens with zero attached hydrogens (tertiary/aromatic N) is 1. The fourth-order valence-electron chi connectivity index (χ4n) is 2.04. The van der Waals surface area contributed by atoms with Crippen LogP contribution < -0.4 is 5.32 Å². The van der Waals surface area contributed by atoms with Gasteiger partial charge in [0.25, 0.3) is 5.91 Å². The third-order valence-electron chi connectivity index (χ3n) is 3.02. The minimum absolute atomic E-state index is 0.0169. The Labute approximate surface area is 99.5 Å². The molecule has 1 aliphatic carbocycles. The molecule has 0 atom stereocenters. The first-order valence-electron chi connectivity index (χ1n) is 5.78. The van der Waals surface area contributed by atoms with Gasteiger partial charge in [-0.25, -0.2) is 0 Å². The van der Waals surface area contributed by atoms with E-state index in [1.54, 1.807) is 0 Å². The fourth-order valence-corrected chi connectivity index (χ4v) is 2.04. The van der Waals surface area contributed by atoms with Gasteiger partial charge in [-0.15, -0.1) is 0 Å². The summed E-state index contributed by atoms with van der Waals surface area (Å²) in [5.41, 5.74) is 0.358. The lowest BCUT2D eigenvalue weighted by Crippen LogP contribution is -2.38. The molecule has 5 nitrogen and oxygen atoms in total. The molecular weight excluding hydrogens is 220 g/mol. The van der Waals surface area contributed by atoms with Gasteiger partial charge in [0.15, 0.2) is 0 Å². The van der Waals surface area contributed by atoms with Crippen molar-refractivity contribution in [1.82, 2.24) is 10.3 Å². The highest BCUT2D eigenvalue weighted by atomic mass is 16.3. The molecule has 0 spiro atoms. The molecular formula is C12H16N2O3. The molecule has 0 bridgehead atoms. The third-order valence-corrected chi connectivity index (χ3v) is 3.02. The van der Waals surface area contributed by atoms with Gasteiger partial charge in [-0.1, -0.05) is 0 Å². The average Bonchev–Trinajstić information content (AvgIpc) is 2.32. The zero-order valence-corrected chi connectivity index (χ0v) is 9.47. The summed E-state index contributed by atoms with van der Waals surface area (Å²) in [6, 6.07) is 1.49. The summed E-state index contributed by atoms with van der Waals surface area (Å²) in [6.07, 6.45) is 5.51. The first kappa shape index (κ1) is 11.9. The summed E-state index contributed by atoms with van der Waals surface area (Å²) in [5, 5.41) is 21.5. The first-order chi connectivity index (χ1) is 8.15. The molecule has 1 aliphatic rings. The summed E-state index contributed by atoms with van der Waals surface area (Å²) < 4.78 is 0. The molecule has 1 aromatic heterocycles.